The Kier molecular flexibility index (Phi) is 3.42. The van der Waals surface area contributed by atoms with Crippen molar-refractivity contribution in [2.75, 3.05) is 23.4 Å². The van der Waals surface area contributed by atoms with Gasteiger partial charge in [0.15, 0.2) is 0 Å². The van der Waals surface area contributed by atoms with Crippen molar-refractivity contribution in [2.45, 2.75) is 38.2 Å². The van der Waals surface area contributed by atoms with Gasteiger partial charge in [-0.15, -0.1) is 0 Å². The summed E-state index contributed by atoms with van der Waals surface area (Å²) in [4.78, 5) is 0. The molecule has 1 aromatic rings. The molecule has 0 aliphatic carbocycles. The fourth-order valence-electron chi connectivity index (χ4n) is 2.83. The van der Waals surface area contributed by atoms with E-state index in [9.17, 15) is 0 Å². The molecule has 0 amide bonds. The number of fused-ring (bicyclic) bond motifs is 1. The van der Waals surface area contributed by atoms with Crippen molar-refractivity contribution in [1.29, 1.82) is 0 Å². The summed E-state index contributed by atoms with van der Waals surface area (Å²) in [6.07, 6.45) is 4.80. The first-order chi connectivity index (χ1) is 8.77. The van der Waals surface area contributed by atoms with E-state index in [-0.39, 0.29) is 5.60 Å². The second-order valence-corrected chi connectivity index (χ2v) is 6.63. The second kappa shape index (κ2) is 5.04. The molecule has 1 unspecified atom stereocenters. The molecule has 18 heavy (non-hydrogen) atoms. The van der Waals surface area contributed by atoms with E-state index in [0.29, 0.717) is 0 Å². The lowest BCUT2D eigenvalue weighted by Crippen LogP contribution is -2.38. The molecule has 2 nitrogen and oxygen atoms in total. The van der Waals surface area contributed by atoms with Crippen LogP contribution in [0.4, 0.5) is 5.69 Å². The van der Waals surface area contributed by atoms with Crippen LogP contribution in [0.1, 0.15) is 31.7 Å². The van der Waals surface area contributed by atoms with Crippen molar-refractivity contribution in [3.8, 4) is 5.75 Å². The van der Waals surface area contributed by atoms with Crippen LogP contribution in [0.25, 0.3) is 0 Å². The third-order valence-electron chi connectivity index (χ3n) is 3.81. The highest BCUT2D eigenvalue weighted by atomic mass is 32.2. The predicted octanol–water partition coefficient (Wildman–Crippen LogP) is 3.71. The average molecular weight is 263 g/mol. The van der Waals surface area contributed by atoms with Crippen molar-refractivity contribution in [1.82, 2.24) is 0 Å². The zero-order valence-corrected chi connectivity index (χ0v) is 11.8. The highest BCUT2D eigenvalue weighted by Gasteiger charge is 2.30. The molecule has 1 aromatic carbocycles. The first-order valence-electron chi connectivity index (χ1n) is 6.89. The van der Waals surface area contributed by atoms with Gasteiger partial charge in [-0.25, -0.2) is 0 Å². The minimum Gasteiger partial charge on any atom is -0.486 e. The van der Waals surface area contributed by atoms with E-state index in [1.165, 1.54) is 36.3 Å². The molecule has 98 valence electrons. The molecule has 0 saturated carbocycles. The summed E-state index contributed by atoms with van der Waals surface area (Å²) in [5, 5.41) is 3.47. The van der Waals surface area contributed by atoms with Crippen molar-refractivity contribution in [3.05, 3.63) is 23.8 Å². The minimum absolute atomic E-state index is 0.0233. The largest absolute Gasteiger partial charge is 0.486 e. The van der Waals surface area contributed by atoms with Crippen molar-refractivity contribution >= 4 is 17.4 Å². The maximum absolute atomic E-state index is 6.38. The molecule has 1 saturated heterocycles. The van der Waals surface area contributed by atoms with E-state index < -0.39 is 0 Å². The number of nitrogens with one attached hydrogen (secondary N) is 1. The highest BCUT2D eigenvalue weighted by molar-refractivity contribution is 7.99. The van der Waals surface area contributed by atoms with Crippen molar-refractivity contribution in [3.63, 3.8) is 0 Å². The van der Waals surface area contributed by atoms with Crippen LogP contribution in [0, 0.1) is 0 Å². The Balaban J connectivity index is 1.83. The van der Waals surface area contributed by atoms with Gasteiger partial charge in [-0.2, -0.15) is 11.8 Å². The van der Waals surface area contributed by atoms with E-state index in [4.69, 9.17) is 4.74 Å². The van der Waals surface area contributed by atoms with Crippen LogP contribution in [0.3, 0.4) is 0 Å². The average Bonchev–Trinajstić information content (AvgIpc) is 2.40. The summed E-state index contributed by atoms with van der Waals surface area (Å²) in [6, 6.07) is 6.40. The van der Waals surface area contributed by atoms with E-state index >= 15 is 0 Å². The SMILES string of the molecule is CC1(Oc2cccc3c2CCCN3)CCCSC1. The quantitative estimate of drug-likeness (QED) is 0.879. The van der Waals surface area contributed by atoms with Gasteiger partial charge in [-0.3, -0.25) is 0 Å². The number of rotatable bonds is 2. The van der Waals surface area contributed by atoms with Crippen molar-refractivity contribution in [2.24, 2.45) is 0 Å². The van der Waals surface area contributed by atoms with Gasteiger partial charge in [0.2, 0.25) is 0 Å². The molecule has 2 aliphatic heterocycles. The van der Waals surface area contributed by atoms with Crippen LogP contribution in [0.15, 0.2) is 18.2 Å². The summed E-state index contributed by atoms with van der Waals surface area (Å²) < 4.78 is 6.38. The maximum Gasteiger partial charge on any atom is 0.125 e. The van der Waals surface area contributed by atoms with Crippen LogP contribution in [0.5, 0.6) is 5.75 Å². The van der Waals surface area contributed by atoms with E-state index in [1.807, 2.05) is 11.8 Å². The predicted molar refractivity (Wildman–Crippen MR) is 78.8 cm³/mol. The topological polar surface area (TPSA) is 21.3 Å². The Bertz CT molecular complexity index is 427. The molecule has 0 bridgehead atoms. The lowest BCUT2D eigenvalue weighted by Gasteiger charge is -2.35. The van der Waals surface area contributed by atoms with Crippen LogP contribution in [-0.2, 0) is 6.42 Å². The number of ether oxygens (including phenoxy) is 1. The third-order valence-corrected chi connectivity index (χ3v) is 5.20. The Hall–Kier alpha value is -0.830. The second-order valence-electron chi connectivity index (χ2n) is 5.52. The van der Waals surface area contributed by atoms with Gasteiger partial charge < -0.3 is 10.1 Å². The monoisotopic (exact) mass is 263 g/mol. The first kappa shape index (κ1) is 12.2. The van der Waals surface area contributed by atoms with Crippen LogP contribution in [0.2, 0.25) is 0 Å². The fraction of sp³-hybridized carbons (Fsp3) is 0.600. The zero-order chi connectivity index (χ0) is 12.4. The minimum atomic E-state index is 0.0233. The standard InChI is InChI=1S/C15H21NOS/c1-15(8-4-10-18-11-15)17-14-7-2-6-13-12(14)5-3-9-16-13/h2,6-7,16H,3-5,8-11H2,1H3. The van der Waals surface area contributed by atoms with Crippen LogP contribution in [-0.4, -0.2) is 23.7 Å². The van der Waals surface area contributed by atoms with Crippen LogP contribution >= 0.6 is 11.8 Å². The molecule has 3 rings (SSSR count). The first-order valence-corrected chi connectivity index (χ1v) is 8.05. The summed E-state index contributed by atoms with van der Waals surface area (Å²) in [7, 11) is 0. The highest BCUT2D eigenvalue weighted by Crippen LogP contribution is 2.36. The molecule has 1 fully saturated rings. The molecule has 2 aliphatic rings. The fourth-order valence-corrected chi connectivity index (χ4v) is 3.96. The van der Waals surface area contributed by atoms with Gasteiger partial charge in [0.1, 0.15) is 11.4 Å². The van der Waals surface area contributed by atoms with Gasteiger partial charge >= 0.3 is 0 Å². The normalized spacial score (nSPS) is 27.2. The number of anilines is 1. The van der Waals surface area contributed by atoms with Crippen molar-refractivity contribution < 1.29 is 4.74 Å². The smallest absolute Gasteiger partial charge is 0.125 e. The summed E-state index contributed by atoms with van der Waals surface area (Å²) in [5.74, 6) is 3.50. The van der Waals surface area contributed by atoms with E-state index in [1.54, 1.807) is 0 Å². The summed E-state index contributed by atoms with van der Waals surface area (Å²) in [5.41, 5.74) is 2.67. The molecule has 0 radical (unpaired) electrons. The van der Waals surface area contributed by atoms with E-state index in [0.717, 1.165) is 24.5 Å². The van der Waals surface area contributed by atoms with Gasteiger partial charge in [0.05, 0.1) is 0 Å². The zero-order valence-electron chi connectivity index (χ0n) is 11.0. The Morgan fingerprint density at radius 1 is 1.33 bits per heavy atom. The molecule has 1 atom stereocenters. The summed E-state index contributed by atoms with van der Waals surface area (Å²) >= 11 is 2.02. The number of hydrogen-bond donors (Lipinski definition) is 1. The van der Waals surface area contributed by atoms with Gasteiger partial charge in [-0.05, 0) is 50.5 Å². The summed E-state index contributed by atoms with van der Waals surface area (Å²) in [6.45, 7) is 3.35. The number of hydrogen-bond acceptors (Lipinski definition) is 3. The molecule has 0 spiro atoms. The Morgan fingerprint density at radius 3 is 3.11 bits per heavy atom. The molecule has 0 aromatic heterocycles. The van der Waals surface area contributed by atoms with E-state index in [2.05, 4.69) is 30.4 Å². The molecule has 1 N–H and O–H groups in total. The van der Waals surface area contributed by atoms with Gasteiger partial charge in [0, 0.05) is 23.5 Å². The van der Waals surface area contributed by atoms with Gasteiger partial charge in [0.25, 0.3) is 0 Å². The number of thioether (sulfide) groups is 1. The Labute approximate surface area is 113 Å². The molecular weight excluding hydrogens is 242 g/mol. The third kappa shape index (κ3) is 2.46. The lowest BCUT2D eigenvalue weighted by atomic mass is 9.99. The Morgan fingerprint density at radius 2 is 2.28 bits per heavy atom. The lowest BCUT2D eigenvalue weighted by molar-refractivity contribution is 0.0995. The number of benzene rings is 1. The maximum atomic E-state index is 6.38. The molecule has 2 heterocycles. The van der Waals surface area contributed by atoms with Gasteiger partial charge in [-0.1, -0.05) is 6.07 Å². The molecular formula is C15H21NOS. The van der Waals surface area contributed by atoms with Crippen LogP contribution < -0.4 is 10.1 Å². The molecule has 3 heteroatoms.